The van der Waals surface area contributed by atoms with Crippen LogP contribution >= 0.6 is 0 Å². The van der Waals surface area contributed by atoms with E-state index in [-0.39, 0.29) is 17.9 Å². The third-order valence-corrected chi connectivity index (χ3v) is 4.90. The number of carbonyl (C=O) groups is 1. The SMILES string of the molecule is COc1ccc([C@@H](C)N[C@@H](C)C(=O)c2ccc(OCc3ccccc3)cc2)cc1. The molecule has 0 amide bonds. The van der Waals surface area contributed by atoms with Crippen molar-refractivity contribution < 1.29 is 14.3 Å². The van der Waals surface area contributed by atoms with Gasteiger partial charge in [-0.3, -0.25) is 4.79 Å². The van der Waals surface area contributed by atoms with Crippen LogP contribution in [0.5, 0.6) is 11.5 Å². The molecule has 0 radical (unpaired) electrons. The number of hydrogen-bond acceptors (Lipinski definition) is 4. The van der Waals surface area contributed by atoms with Crippen LogP contribution in [0.1, 0.15) is 41.4 Å². The zero-order valence-corrected chi connectivity index (χ0v) is 17.1. The fraction of sp³-hybridized carbons (Fsp3) is 0.240. The third-order valence-electron chi connectivity index (χ3n) is 4.90. The predicted octanol–water partition coefficient (Wildman–Crippen LogP) is 5.20. The normalized spacial score (nSPS) is 12.8. The Labute approximate surface area is 172 Å². The van der Waals surface area contributed by atoms with E-state index in [1.807, 2.05) is 92.7 Å². The molecule has 0 aliphatic carbocycles. The van der Waals surface area contributed by atoms with Crippen LogP contribution in [0.2, 0.25) is 0 Å². The van der Waals surface area contributed by atoms with Gasteiger partial charge in [-0.05, 0) is 61.4 Å². The molecule has 0 saturated carbocycles. The molecule has 3 aromatic rings. The maximum Gasteiger partial charge on any atom is 0.179 e. The van der Waals surface area contributed by atoms with Crippen LogP contribution in [-0.2, 0) is 6.61 Å². The lowest BCUT2D eigenvalue weighted by Gasteiger charge is -2.20. The van der Waals surface area contributed by atoms with Gasteiger partial charge in [-0.15, -0.1) is 0 Å². The zero-order valence-electron chi connectivity index (χ0n) is 17.1. The molecule has 4 heteroatoms. The Morgan fingerprint density at radius 1 is 0.862 bits per heavy atom. The molecule has 150 valence electrons. The molecule has 0 unspecified atom stereocenters. The molecule has 0 spiro atoms. The highest BCUT2D eigenvalue weighted by atomic mass is 16.5. The van der Waals surface area contributed by atoms with E-state index >= 15 is 0 Å². The molecule has 3 aromatic carbocycles. The Hall–Kier alpha value is -3.11. The zero-order chi connectivity index (χ0) is 20.6. The Bertz CT molecular complexity index is 905. The van der Waals surface area contributed by atoms with Gasteiger partial charge >= 0.3 is 0 Å². The molecule has 0 bridgehead atoms. The maximum absolute atomic E-state index is 12.8. The van der Waals surface area contributed by atoms with E-state index in [0.717, 1.165) is 22.6 Å². The molecule has 0 aliphatic rings. The van der Waals surface area contributed by atoms with E-state index in [4.69, 9.17) is 9.47 Å². The van der Waals surface area contributed by atoms with Crippen molar-refractivity contribution in [2.75, 3.05) is 7.11 Å². The summed E-state index contributed by atoms with van der Waals surface area (Å²) >= 11 is 0. The summed E-state index contributed by atoms with van der Waals surface area (Å²) in [7, 11) is 1.65. The van der Waals surface area contributed by atoms with Crippen molar-refractivity contribution in [2.45, 2.75) is 32.5 Å². The second-order valence-electron chi connectivity index (χ2n) is 7.05. The lowest BCUT2D eigenvalue weighted by molar-refractivity contribution is 0.0945. The van der Waals surface area contributed by atoms with Gasteiger partial charge in [-0.1, -0.05) is 42.5 Å². The van der Waals surface area contributed by atoms with E-state index < -0.39 is 0 Å². The lowest BCUT2D eigenvalue weighted by atomic mass is 10.0. The first-order chi connectivity index (χ1) is 14.1. The summed E-state index contributed by atoms with van der Waals surface area (Å²) < 4.78 is 11.0. The quantitative estimate of drug-likeness (QED) is 0.511. The standard InChI is InChI=1S/C25H27NO3/c1-18(21-9-13-23(28-3)14-10-21)26-19(2)25(27)22-11-15-24(16-12-22)29-17-20-7-5-4-6-8-20/h4-16,18-19,26H,17H2,1-3H3/t18-,19+/m1/s1. The minimum absolute atomic E-state index is 0.0494. The Morgan fingerprint density at radius 3 is 2.10 bits per heavy atom. The van der Waals surface area contributed by atoms with Gasteiger partial charge in [0.25, 0.3) is 0 Å². The molecule has 0 fully saturated rings. The molecule has 1 N–H and O–H groups in total. The molecule has 0 aliphatic heterocycles. The highest BCUT2D eigenvalue weighted by Crippen LogP contribution is 2.19. The topological polar surface area (TPSA) is 47.6 Å². The molecule has 29 heavy (non-hydrogen) atoms. The van der Waals surface area contributed by atoms with Crippen LogP contribution in [0.25, 0.3) is 0 Å². The maximum atomic E-state index is 12.8. The average molecular weight is 389 g/mol. The van der Waals surface area contributed by atoms with Crippen molar-refractivity contribution in [1.29, 1.82) is 0 Å². The molecular weight excluding hydrogens is 362 g/mol. The molecule has 4 nitrogen and oxygen atoms in total. The molecule has 0 saturated heterocycles. The van der Waals surface area contributed by atoms with E-state index in [2.05, 4.69) is 5.32 Å². The Balaban J connectivity index is 1.55. The van der Waals surface area contributed by atoms with Gasteiger partial charge in [0.15, 0.2) is 5.78 Å². The first-order valence-electron chi connectivity index (χ1n) is 9.78. The summed E-state index contributed by atoms with van der Waals surface area (Å²) in [6.07, 6.45) is 0. The molecular formula is C25H27NO3. The molecule has 3 rings (SSSR count). The molecule has 0 aromatic heterocycles. The van der Waals surface area contributed by atoms with Crippen molar-refractivity contribution in [3.63, 3.8) is 0 Å². The minimum atomic E-state index is -0.303. The summed E-state index contributed by atoms with van der Waals surface area (Å²) in [6, 6.07) is 24.9. The van der Waals surface area contributed by atoms with Crippen LogP contribution < -0.4 is 14.8 Å². The largest absolute Gasteiger partial charge is 0.497 e. The van der Waals surface area contributed by atoms with Gasteiger partial charge in [0, 0.05) is 11.6 Å². The van der Waals surface area contributed by atoms with Crippen LogP contribution in [0.15, 0.2) is 78.9 Å². The van der Waals surface area contributed by atoms with Crippen molar-refractivity contribution in [3.8, 4) is 11.5 Å². The highest BCUT2D eigenvalue weighted by Gasteiger charge is 2.18. The van der Waals surface area contributed by atoms with E-state index in [9.17, 15) is 4.79 Å². The number of methoxy groups -OCH3 is 1. The first-order valence-corrected chi connectivity index (χ1v) is 9.78. The predicted molar refractivity (Wildman–Crippen MR) is 116 cm³/mol. The number of ether oxygens (including phenoxy) is 2. The Morgan fingerprint density at radius 2 is 1.48 bits per heavy atom. The van der Waals surface area contributed by atoms with Crippen molar-refractivity contribution in [2.24, 2.45) is 0 Å². The van der Waals surface area contributed by atoms with E-state index in [1.165, 1.54) is 0 Å². The van der Waals surface area contributed by atoms with Gasteiger partial charge in [-0.25, -0.2) is 0 Å². The molecule has 2 atom stereocenters. The third kappa shape index (κ3) is 5.69. The van der Waals surface area contributed by atoms with Gasteiger partial charge in [0.05, 0.1) is 13.2 Å². The van der Waals surface area contributed by atoms with Crippen molar-refractivity contribution >= 4 is 5.78 Å². The summed E-state index contributed by atoms with van der Waals surface area (Å²) in [5.74, 6) is 1.62. The number of ketones is 1. The number of benzene rings is 3. The molecule has 0 heterocycles. The van der Waals surface area contributed by atoms with Crippen LogP contribution in [0.3, 0.4) is 0 Å². The van der Waals surface area contributed by atoms with Crippen molar-refractivity contribution in [3.05, 3.63) is 95.6 Å². The lowest BCUT2D eigenvalue weighted by Crippen LogP contribution is -2.35. The van der Waals surface area contributed by atoms with Crippen LogP contribution in [0, 0.1) is 0 Å². The summed E-state index contributed by atoms with van der Waals surface area (Å²) in [4.78, 5) is 12.8. The summed E-state index contributed by atoms with van der Waals surface area (Å²) in [5.41, 5.74) is 2.88. The van der Waals surface area contributed by atoms with Crippen molar-refractivity contribution in [1.82, 2.24) is 5.32 Å². The van der Waals surface area contributed by atoms with Gasteiger partial charge in [0.1, 0.15) is 18.1 Å². The summed E-state index contributed by atoms with van der Waals surface area (Å²) in [5, 5.41) is 3.37. The van der Waals surface area contributed by atoms with E-state index in [0.29, 0.717) is 12.2 Å². The fourth-order valence-electron chi connectivity index (χ4n) is 3.15. The minimum Gasteiger partial charge on any atom is -0.497 e. The fourth-order valence-corrected chi connectivity index (χ4v) is 3.15. The van der Waals surface area contributed by atoms with Crippen LogP contribution in [0.4, 0.5) is 0 Å². The monoisotopic (exact) mass is 389 g/mol. The number of Topliss-reactive ketones (excluding diaryl/α,β-unsaturated/α-hetero) is 1. The van der Waals surface area contributed by atoms with Gasteiger partial charge < -0.3 is 14.8 Å². The van der Waals surface area contributed by atoms with Crippen LogP contribution in [-0.4, -0.2) is 18.9 Å². The Kier molecular flexibility index (Phi) is 7.04. The highest BCUT2D eigenvalue weighted by molar-refractivity contribution is 5.99. The number of rotatable bonds is 9. The average Bonchev–Trinajstić information content (AvgIpc) is 2.78. The van der Waals surface area contributed by atoms with Gasteiger partial charge in [-0.2, -0.15) is 0 Å². The second kappa shape index (κ2) is 9.89. The number of hydrogen-bond donors (Lipinski definition) is 1. The smallest absolute Gasteiger partial charge is 0.179 e. The summed E-state index contributed by atoms with van der Waals surface area (Å²) in [6.45, 7) is 4.44. The second-order valence-corrected chi connectivity index (χ2v) is 7.05. The first kappa shape index (κ1) is 20.6. The number of nitrogens with one attached hydrogen (secondary N) is 1. The van der Waals surface area contributed by atoms with E-state index in [1.54, 1.807) is 7.11 Å². The number of carbonyl (C=O) groups excluding carboxylic acids is 1. The van der Waals surface area contributed by atoms with Gasteiger partial charge in [0.2, 0.25) is 0 Å².